The van der Waals surface area contributed by atoms with Crippen molar-refractivity contribution in [3.8, 4) is 0 Å². The zero-order valence-corrected chi connectivity index (χ0v) is 8.35. The summed E-state index contributed by atoms with van der Waals surface area (Å²) in [5, 5.41) is 3.32. The van der Waals surface area contributed by atoms with Crippen LogP contribution in [0.25, 0.3) is 0 Å². The van der Waals surface area contributed by atoms with Crippen LogP contribution in [0, 0.1) is 5.41 Å². The first-order chi connectivity index (χ1) is 6.10. The molecule has 1 aliphatic carbocycles. The molecule has 0 spiro atoms. The van der Waals surface area contributed by atoms with Crippen molar-refractivity contribution in [2.75, 3.05) is 13.2 Å². The topological polar surface area (TPSA) is 38.3 Å². The largest absolute Gasteiger partial charge is 0.465 e. The number of nitrogens with one attached hydrogen (secondary N) is 1. The number of hydrogen-bond acceptors (Lipinski definition) is 3. The fourth-order valence-corrected chi connectivity index (χ4v) is 2.62. The van der Waals surface area contributed by atoms with Crippen LogP contribution >= 0.6 is 0 Å². The fraction of sp³-hybridized carbons (Fsp3) is 0.900. The number of fused-ring (bicyclic) bond motifs is 2. The lowest BCUT2D eigenvalue weighted by Gasteiger charge is -2.25. The van der Waals surface area contributed by atoms with E-state index in [1.807, 2.05) is 6.92 Å². The van der Waals surface area contributed by atoms with Crippen molar-refractivity contribution in [2.45, 2.75) is 38.6 Å². The molecule has 2 aliphatic rings. The molecule has 2 unspecified atom stereocenters. The van der Waals surface area contributed by atoms with Crippen LogP contribution in [0.2, 0.25) is 0 Å². The Morgan fingerprint density at radius 3 is 2.69 bits per heavy atom. The molecule has 0 amide bonds. The van der Waals surface area contributed by atoms with Crippen molar-refractivity contribution < 1.29 is 9.53 Å². The minimum atomic E-state index is -0.329. The number of carbonyl (C=O) groups excluding carboxylic acids is 1. The highest BCUT2D eigenvalue weighted by molar-refractivity contribution is 5.82. The number of piperidine rings is 1. The second-order valence-electron chi connectivity index (χ2n) is 4.64. The van der Waals surface area contributed by atoms with E-state index in [-0.39, 0.29) is 11.5 Å². The fourth-order valence-electron chi connectivity index (χ4n) is 2.62. The van der Waals surface area contributed by atoms with Crippen molar-refractivity contribution >= 4 is 5.97 Å². The van der Waals surface area contributed by atoms with E-state index in [1.165, 1.54) is 0 Å². The Morgan fingerprint density at radius 1 is 1.54 bits per heavy atom. The Bertz CT molecular complexity index is 229. The Hall–Kier alpha value is -0.570. The maximum absolute atomic E-state index is 11.7. The molecule has 1 aliphatic heterocycles. The van der Waals surface area contributed by atoms with Gasteiger partial charge < -0.3 is 10.1 Å². The van der Waals surface area contributed by atoms with Gasteiger partial charge in [-0.15, -0.1) is 0 Å². The standard InChI is InChI=1S/C10H17NO2/c1-3-13-8(12)10-5-4-9(2,6-10)7-11-10/h11H,3-7H2,1-2H3. The van der Waals surface area contributed by atoms with E-state index >= 15 is 0 Å². The first-order valence-electron chi connectivity index (χ1n) is 5.03. The molecule has 2 rings (SSSR count). The van der Waals surface area contributed by atoms with Gasteiger partial charge in [-0.05, 0) is 31.6 Å². The molecule has 2 atom stereocenters. The van der Waals surface area contributed by atoms with Crippen LogP contribution in [-0.2, 0) is 9.53 Å². The van der Waals surface area contributed by atoms with E-state index in [0.29, 0.717) is 12.0 Å². The van der Waals surface area contributed by atoms with Crippen LogP contribution in [-0.4, -0.2) is 24.7 Å². The molecule has 3 heteroatoms. The SMILES string of the molecule is CCOC(=O)C12CCC(C)(CN1)C2. The van der Waals surface area contributed by atoms with E-state index in [4.69, 9.17) is 4.74 Å². The number of rotatable bonds is 2. The van der Waals surface area contributed by atoms with Gasteiger partial charge in [0.05, 0.1) is 6.61 Å². The van der Waals surface area contributed by atoms with Gasteiger partial charge in [0.2, 0.25) is 0 Å². The molecule has 0 aromatic rings. The van der Waals surface area contributed by atoms with Crippen molar-refractivity contribution in [2.24, 2.45) is 5.41 Å². The van der Waals surface area contributed by atoms with E-state index in [2.05, 4.69) is 12.2 Å². The molecule has 0 radical (unpaired) electrons. The summed E-state index contributed by atoms with van der Waals surface area (Å²) < 4.78 is 5.09. The van der Waals surface area contributed by atoms with E-state index in [0.717, 1.165) is 25.8 Å². The third-order valence-corrected chi connectivity index (χ3v) is 3.40. The molecule has 1 N–H and O–H groups in total. The summed E-state index contributed by atoms with van der Waals surface area (Å²) in [5.41, 5.74) is 0.0114. The first kappa shape index (κ1) is 9.00. The maximum atomic E-state index is 11.7. The van der Waals surface area contributed by atoms with Crippen LogP contribution in [0.3, 0.4) is 0 Å². The lowest BCUT2D eigenvalue weighted by Crippen LogP contribution is -2.48. The summed E-state index contributed by atoms with van der Waals surface area (Å²) in [6.45, 7) is 5.55. The smallest absolute Gasteiger partial charge is 0.326 e. The van der Waals surface area contributed by atoms with Crippen molar-refractivity contribution in [1.29, 1.82) is 0 Å². The summed E-state index contributed by atoms with van der Waals surface area (Å²) in [7, 11) is 0. The van der Waals surface area contributed by atoms with Gasteiger partial charge in [0.15, 0.2) is 0 Å². The average Bonchev–Trinajstić information content (AvgIpc) is 2.59. The predicted octanol–water partition coefficient (Wildman–Crippen LogP) is 1.08. The highest BCUT2D eigenvalue weighted by atomic mass is 16.5. The third-order valence-electron chi connectivity index (χ3n) is 3.40. The number of hydrogen-bond donors (Lipinski definition) is 1. The number of esters is 1. The van der Waals surface area contributed by atoms with Gasteiger partial charge >= 0.3 is 5.97 Å². The van der Waals surface area contributed by atoms with Crippen LogP contribution in [0.4, 0.5) is 0 Å². The first-order valence-corrected chi connectivity index (χ1v) is 5.03. The van der Waals surface area contributed by atoms with Gasteiger partial charge in [-0.25, -0.2) is 0 Å². The van der Waals surface area contributed by atoms with Crippen LogP contribution in [0.15, 0.2) is 0 Å². The van der Waals surface area contributed by atoms with Gasteiger partial charge in [0, 0.05) is 6.54 Å². The molecule has 0 aromatic carbocycles. The zero-order valence-electron chi connectivity index (χ0n) is 8.35. The van der Waals surface area contributed by atoms with Gasteiger partial charge in [-0.2, -0.15) is 0 Å². The number of carbonyl (C=O) groups is 1. The molecule has 1 saturated carbocycles. The quantitative estimate of drug-likeness (QED) is 0.651. The van der Waals surface area contributed by atoms with Crippen molar-refractivity contribution in [1.82, 2.24) is 5.32 Å². The van der Waals surface area contributed by atoms with Gasteiger partial charge in [0.25, 0.3) is 0 Å². The summed E-state index contributed by atoms with van der Waals surface area (Å²) in [6.07, 6.45) is 3.06. The highest BCUT2D eigenvalue weighted by Gasteiger charge is 2.56. The van der Waals surface area contributed by atoms with Crippen molar-refractivity contribution in [3.05, 3.63) is 0 Å². The Labute approximate surface area is 78.8 Å². The highest BCUT2D eigenvalue weighted by Crippen LogP contribution is 2.49. The lowest BCUT2D eigenvalue weighted by atomic mass is 9.90. The molecular formula is C10H17NO2. The minimum Gasteiger partial charge on any atom is -0.465 e. The van der Waals surface area contributed by atoms with E-state index < -0.39 is 0 Å². The molecule has 13 heavy (non-hydrogen) atoms. The Morgan fingerprint density at radius 2 is 2.31 bits per heavy atom. The van der Waals surface area contributed by atoms with Crippen LogP contribution < -0.4 is 5.32 Å². The molecule has 0 aromatic heterocycles. The molecule has 1 saturated heterocycles. The molecule has 2 fully saturated rings. The lowest BCUT2D eigenvalue weighted by molar-refractivity contribution is -0.150. The Kier molecular flexibility index (Phi) is 1.88. The third kappa shape index (κ3) is 1.26. The van der Waals surface area contributed by atoms with E-state index in [1.54, 1.807) is 0 Å². The summed E-state index contributed by atoms with van der Waals surface area (Å²) in [6, 6.07) is 0. The van der Waals surface area contributed by atoms with E-state index in [9.17, 15) is 4.79 Å². The van der Waals surface area contributed by atoms with Gasteiger partial charge in [-0.3, -0.25) is 4.79 Å². The minimum absolute atomic E-state index is 0.0452. The molecule has 74 valence electrons. The van der Waals surface area contributed by atoms with Crippen molar-refractivity contribution in [3.63, 3.8) is 0 Å². The molecular weight excluding hydrogens is 166 g/mol. The summed E-state index contributed by atoms with van der Waals surface area (Å²) >= 11 is 0. The normalized spacial score (nSPS) is 42.3. The molecule has 3 nitrogen and oxygen atoms in total. The second kappa shape index (κ2) is 2.71. The number of ether oxygens (including phenoxy) is 1. The average molecular weight is 183 g/mol. The Balaban J connectivity index is 2.11. The van der Waals surface area contributed by atoms with Crippen LogP contribution in [0.1, 0.15) is 33.1 Å². The van der Waals surface area contributed by atoms with Gasteiger partial charge in [-0.1, -0.05) is 6.92 Å². The molecule has 1 heterocycles. The van der Waals surface area contributed by atoms with Crippen LogP contribution in [0.5, 0.6) is 0 Å². The second-order valence-corrected chi connectivity index (χ2v) is 4.64. The van der Waals surface area contributed by atoms with Gasteiger partial charge in [0.1, 0.15) is 5.54 Å². The predicted molar refractivity (Wildman–Crippen MR) is 49.3 cm³/mol. The monoisotopic (exact) mass is 183 g/mol. The summed E-state index contributed by atoms with van der Waals surface area (Å²) in [4.78, 5) is 11.7. The zero-order chi connectivity index (χ0) is 9.53. The maximum Gasteiger partial charge on any atom is 0.326 e. The molecule has 2 bridgehead atoms. The summed E-state index contributed by atoms with van der Waals surface area (Å²) in [5.74, 6) is -0.0452.